The van der Waals surface area contributed by atoms with E-state index in [1.165, 1.54) is 35.1 Å². The fourth-order valence-electron chi connectivity index (χ4n) is 8.38. The van der Waals surface area contributed by atoms with Crippen molar-refractivity contribution in [2.24, 2.45) is 11.8 Å². The average molecular weight is 785 g/mol. The number of aromatic nitrogens is 4. The highest BCUT2D eigenvalue weighted by Crippen LogP contribution is 2.46. The largest absolute Gasteiger partial charge is 0.453 e. The first-order chi connectivity index (χ1) is 27.0. The van der Waals surface area contributed by atoms with Gasteiger partial charge in [0, 0.05) is 18.0 Å². The second kappa shape index (κ2) is 16.5. The number of amides is 4. The predicted molar refractivity (Wildman–Crippen MR) is 213 cm³/mol. The lowest BCUT2D eigenvalue weighted by atomic mass is 10.0. The number of nitrogens with one attached hydrogen (secondary N) is 4. The molecule has 4 N–H and O–H groups in total. The van der Waals surface area contributed by atoms with Gasteiger partial charge in [-0.15, -0.1) is 11.3 Å². The highest BCUT2D eigenvalue weighted by molar-refractivity contribution is 7.19. The van der Waals surface area contributed by atoms with Gasteiger partial charge in [0.1, 0.15) is 23.7 Å². The number of rotatable bonds is 11. The first-order valence-electron chi connectivity index (χ1n) is 19.6. The van der Waals surface area contributed by atoms with Crippen molar-refractivity contribution in [3.63, 3.8) is 0 Å². The third kappa shape index (κ3) is 7.65. The van der Waals surface area contributed by atoms with Crippen LogP contribution in [0.5, 0.6) is 0 Å². The minimum Gasteiger partial charge on any atom is -0.453 e. The maximum absolute atomic E-state index is 13.7. The van der Waals surface area contributed by atoms with Crippen molar-refractivity contribution in [2.45, 2.75) is 96.8 Å². The Morgan fingerprint density at radius 2 is 1.16 bits per heavy atom. The molecule has 0 unspecified atom stereocenters. The standard InChI is InChI=1S/C41H52N8O6S/c1-22(2)32(46-40(52)54-5)38(50)48-18-8-12-30(48)36-42-20-28(44-36)24-14-16-25(17-15-24)34-26-10-7-11-27(26)35(56-34)29-21-43-37(45-29)31-13-9-19-49(31)39(51)33(23(3)4)47-41(53)55-6/h14-17,20-23,30-33H,7-13,18-19H2,1-6H3,(H,42,44)(H,43,45)(H,46,52)(H,47,53)/t30-,31-,32-,33-/m0/s1. The van der Waals surface area contributed by atoms with E-state index in [4.69, 9.17) is 19.4 Å². The number of fused-ring (bicyclic) bond motifs is 1. The summed E-state index contributed by atoms with van der Waals surface area (Å²) >= 11 is 1.78. The van der Waals surface area contributed by atoms with Crippen LogP contribution in [0.1, 0.15) is 94.7 Å². The molecular weight excluding hydrogens is 733 g/mol. The van der Waals surface area contributed by atoms with Crippen molar-refractivity contribution in [2.75, 3.05) is 27.3 Å². The van der Waals surface area contributed by atoms with E-state index < -0.39 is 24.3 Å². The molecule has 1 aliphatic carbocycles. The van der Waals surface area contributed by atoms with Crippen LogP contribution in [0, 0.1) is 11.8 Å². The monoisotopic (exact) mass is 784 g/mol. The Hall–Kier alpha value is -5.18. The number of imidazole rings is 2. The molecule has 0 bridgehead atoms. The molecule has 56 heavy (non-hydrogen) atoms. The molecule has 0 saturated carbocycles. The van der Waals surface area contributed by atoms with Crippen LogP contribution >= 0.6 is 11.3 Å². The van der Waals surface area contributed by atoms with Crippen molar-refractivity contribution < 1.29 is 28.7 Å². The Bertz CT molecular complexity index is 2070. The summed E-state index contributed by atoms with van der Waals surface area (Å²) in [5, 5.41) is 5.43. The molecule has 4 amide bonds. The molecule has 3 aromatic heterocycles. The highest BCUT2D eigenvalue weighted by Gasteiger charge is 2.39. The van der Waals surface area contributed by atoms with Gasteiger partial charge >= 0.3 is 12.2 Å². The summed E-state index contributed by atoms with van der Waals surface area (Å²) in [5.41, 5.74) is 6.74. The van der Waals surface area contributed by atoms with Gasteiger partial charge in [-0.25, -0.2) is 19.6 Å². The first-order valence-corrected chi connectivity index (χ1v) is 20.5. The summed E-state index contributed by atoms with van der Waals surface area (Å²) in [7, 11) is 2.59. The highest BCUT2D eigenvalue weighted by atomic mass is 32.1. The van der Waals surface area contributed by atoms with Crippen LogP contribution in [0.25, 0.3) is 32.3 Å². The number of methoxy groups -OCH3 is 2. The number of likely N-dealkylation sites (tertiary alicyclic amines) is 2. The van der Waals surface area contributed by atoms with Crippen LogP contribution in [0.2, 0.25) is 0 Å². The van der Waals surface area contributed by atoms with E-state index in [1.54, 1.807) is 11.3 Å². The Balaban J connectivity index is 1.07. The normalized spacial score (nSPS) is 19.0. The molecule has 3 aliphatic rings. The van der Waals surface area contributed by atoms with E-state index in [-0.39, 0.29) is 35.7 Å². The van der Waals surface area contributed by atoms with Crippen LogP contribution in [0.15, 0.2) is 36.7 Å². The predicted octanol–water partition coefficient (Wildman–Crippen LogP) is 6.77. The number of alkyl carbamates (subject to hydrolysis) is 2. The molecule has 2 fully saturated rings. The zero-order valence-electron chi connectivity index (χ0n) is 32.9. The van der Waals surface area contributed by atoms with Gasteiger partial charge in [0.25, 0.3) is 0 Å². The molecule has 7 rings (SSSR count). The molecule has 0 spiro atoms. The summed E-state index contributed by atoms with van der Waals surface area (Å²) < 4.78 is 9.56. The van der Waals surface area contributed by atoms with Crippen LogP contribution in [0.3, 0.4) is 0 Å². The average Bonchev–Trinajstić information content (AvgIpc) is 4.04. The molecule has 14 nitrogen and oxygen atoms in total. The van der Waals surface area contributed by atoms with Gasteiger partial charge in [-0.1, -0.05) is 52.0 Å². The number of benzene rings is 1. The van der Waals surface area contributed by atoms with Gasteiger partial charge in [0.2, 0.25) is 11.8 Å². The van der Waals surface area contributed by atoms with E-state index in [0.29, 0.717) is 13.1 Å². The minimum atomic E-state index is -0.686. The zero-order chi connectivity index (χ0) is 39.7. The minimum absolute atomic E-state index is 0.102. The van der Waals surface area contributed by atoms with Crippen molar-refractivity contribution in [3.8, 4) is 32.3 Å². The van der Waals surface area contributed by atoms with Crippen molar-refractivity contribution in [1.29, 1.82) is 0 Å². The zero-order valence-corrected chi connectivity index (χ0v) is 33.8. The summed E-state index contributed by atoms with van der Waals surface area (Å²) in [4.78, 5) is 74.0. The number of thiophene rings is 1. The lowest BCUT2D eigenvalue weighted by molar-refractivity contribution is -0.136. The molecule has 4 atom stereocenters. The smallest absolute Gasteiger partial charge is 0.407 e. The van der Waals surface area contributed by atoms with Crippen LogP contribution in [-0.2, 0) is 31.9 Å². The van der Waals surface area contributed by atoms with E-state index >= 15 is 0 Å². The molecule has 5 heterocycles. The molecular formula is C41H52N8O6S. The Kier molecular flexibility index (Phi) is 11.5. The summed E-state index contributed by atoms with van der Waals surface area (Å²) in [5.74, 6) is 1.03. The summed E-state index contributed by atoms with van der Waals surface area (Å²) in [6, 6.07) is 6.77. The van der Waals surface area contributed by atoms with Gasteiger partial charge < -0.3 is 39.9 Å². The second-order valence-corrected chi connectivity index (χ2v) is 16.6. The number of hydrogen-bond acceptors (Lipinski definition) is 9. The number of nitrogens with zero attached hydrogens (tertiary/aromatic N) is 4. The van der Waals surface area contributed by atoms with Gasteiger partial charge in [0.15, 0.2) is 0 Å². The number of hydrogen-bond donors (Lipinski definition) is 4. The topological polar surface area (TPSA) is 175 Å². The van der Waals surface area contributed by atoms with Crippen molar-refractivity contribution in [3.05, 3.63) is 59.4 Å². The fourth-order valence-corrected chi connectivity index (χ4v) is 9.75. The molecule has 2 aliphatic heterocycles. The van der Waals surface area contributed by atoms with Gasteiger partial charge in [0.05, 0.1) is 55.0 Å². The SMILES string of the molecule is COC(=O)N[C@H](C(=O)N1CCC[C@H]1c1ncc(-c2ccc(-c3sc(-c4cnc([C@@H]5CCCN5C(=O)[C@@H](NC(=O)OC)C(C)C)[nH]4)c4c3CCC4)cc2)[nH]1)C(C)C. The summed E-state index contributed by atoms with van der Waals surface area (Å²) in [6.07, 6.45) is 8.90. The van der Waals surface area contributed by atoms with E-state index in [0.717, 1.165) is 79.1 Å². The quantitative estimate of drug-likeness (QED) is 0.129. The second-order valence-electron chi connectivity index (χ2n) is 15.6. The third-order valence-corrected chi connectivity index (χ3v) is 12.7. The Morgan fingerprint density at radius 3 is 1.66 bits per heavy atom. The van der Waals surface area contributed by atoms with Crippen LogP contribution in [-0.4, -0.2) is 93.1 Å². The first kappa shape index (κ1) is 39.1. The number of aromatic amines is 2. The van der Waals surface area contributed by atoms with Gasteiger partial charge in [-0.2, -0.15) is 0 Å². The van der Waals surface area contributed by atoms with Crippen molar-refractivity contribution in [1.82, 2.24) is 40.4 Å². The lowest BCUT2D eigenvalue weighted by Gasteiger charge is -2.30. The molecule has 298 valence electrons. The molecule has 15 heteroatoms. The third-order valence-electron chi connectivity index (χ3n) is 11.3. The fraction of sp³-hybridized carbons (Fsp3) is 0.512. The summed E-state index contributed by atoms with van der Waals surface area (Å²) in [6.45, 7) is 8.85. The van der Waals surface area contributed by atoms with Crippen LogP contribution in [0.4, 0.5) is 9.59 Å². The van der Waals surface area contributed by atoms with Gasteiger partial charge in [-0.05, 0) is 79.0 Å². The molecule has 1 aromatic carbocycles. The Labute approximate surface area is 331 Å². The molecule has 4 aromatic rings. The Morgan fingerprint density at radius 1 is 0.696 bits per heavy atom. The van der Waals surface area contributed by atoms with E-state index in [1.807, 2.05) is 49.9 Å². The van der Waals surface area contributed by atoms with Gasteiger partial charge in [-0.3, -0.25) is 9.59 Å². The lowest BCUT2D eigenvalue weighted by Crippen LogP contribution is -2.51. The van der Waals surface area contributed by atoms with E-state index in [2.05, 4.69) is 44.9 Å². The molecule has 2 saturated heterocycles. The molecule has 0 radical (unpaired) electrons. The maximum Gasteiger partial charge on any atom is 0.407 e. The van der Waals surface area contributed by atoms with Crippen molar-refractivity contribution >= 4 is 35.3 Å². The number of H-pyrrole nitrogens is 2. The number of carbonyl (C=O) groups excluding carboxylic acids is 4. The van der Waals surface area contributed by atoms with Crippen LogP contribution < -0.4 is 10.6 Å². The number of ether oxygens (including phenoxy) is 2. The number of carbonyl (C=O) groups is 4. The van der Waals surface area contributed by atoms with E-state index in [9.17, 15) is 19.2 Å². The maximum atomic E-state index is 13.7.